The monoisotopic (exact) mass is 395 g/mol. The molecule has 1 fully saturated rings. The smallest absolute Gasteiger partial charge is 0.244 e. The van der Waals surface area contributed by atoms with Gasteiger partial charge in [0.25, 0.3) is 0 Å². The maximum Gasteiger partial charge on any atom is 0.244 e. The molecule has 1 saturated heterocycles. The molecule has 1 aliphatic rings. The van der Waals surface area contributed by atoms with E-state index in [-0.39, 0.29) is 6.54 Å². The molecule has 0 aromatic heterocycles. The van der Waals surface area contributed by atoms with E-state index >= 15 is 0 Å². The summed E-state index contributed by atoms with van der Waals surface area (Å²) < 4.78 is 11.9. The Labute approximate surface area is 154 Å². The molecule has 0 radical (unpaired) electrons. The fraction of sp³-hybridized carbons (Fsp3) is 0.857. The molecule has 150 valence electrons. The van der Waals surface area contributed by atoms with E-state index < -0.39 is 53.3 Å². The van der Waals surface area contributed by atoms with Crippen molar-refractivity contribution in [3.8, 4) is 0 Å². The molecule has 0 aromatic rings. The Morgan fingerprint density at radius 3 is 2.38 bits per heavy atom. The standard InChI is InChI=1S/C14H25N3O8S/c1-6(18)16-11(14(2,3)26-17-23)12(22)15-5-7-8(19)9(20)10(21)13(24-4)25-7/h7-11,13,19-21H,5H2,1-4H3,(H,15,22)(H,16,18)/t7-,8-,9+,10-,11+,13+/m1/s1. The summed E-state index contributed by atoms with van der Waals surface area (Å²) >= 11 is 0.599. The average molecular weight is 395 g/mol. The Bertz CT molecular complexity index is 518. The quantitative estimate of drug-likeness (QED) is 0.237. The lowest BCUT2D eigenvalue weighted by molar-refractivity contribution is -0.288. The highest BCUT2D eigenvalue weighted by Crippen LogP contribution is 2.29. The second-order valence-corrected chi connectivity index (χ2v) is 7.78. The number of hydrogen-bond donors (Lipinski definition) is 5. The predicted octanol–water partition coefficient (Wildman–Crippen LogP) is -1.75. The largest absolute Gasteiger partial charge is 0.388 e. The fourth-order valence-electron chi connectivity index (χ4n) is 2.49. The number of nitrogens with zero attached hydrogens (tertiary/aromatic N) is 1. The highest BCUT2D eigenvalue weighted by atomic mass is 32.2. The zero-order chi connectivity index (χ0) is 20.1. The molecule has 0 saturated carbocycles. The second kappa shape index (κ2) is 9.58. The first-order chi connectivity index (χ1) is 12.0. The van der Waals surface area contributed by atoms with Gasteiger partial charge in [0.1, 0.15) is 30.5 Å². The van der Waals surface area contributed by atoms with Crippen LogP contribution in [-0.4, -0.2) is 82.3 Å². The number of amides is 2. The number of carbonyl (C=O) groups excluding carboxylic acids is 2. The molecule has 1 heterocycles. The van der Waals surface area contributed by atoms with Crippen LogP contribution >= 0.6 is 11.9 Å². The minimum absolute atomic E-state index is 0.227. The van der Waals surface area contributed by atoms with E-state index in [1.807, 2.05) is 0 Å². The zero-order valence-electron chi connectivity index (χ0n) is 14.9. The molecule has 0 aliphatic carbocycles. The summed E-state index contributed by atoms with van der Waals surface area (Å²) in [5.41, 5.74) is 0. The minimum Gasteiger partial charge on any atom is -0.388 e. The Hall–Kier alpha value is -1.31. The summed E-state index contributed by atoms with van der Waals surface area (Å²) in [4.78, 5) is 34.4. The van der Waals surface area contributed by atoms with Crippen molar-refractivity contribution in [1.29, 1.82) is 0 Å². The van der Waals surface area contributed by atoms with Crippen LogP contribution in [0.25, 0.3) is 0 Å². The van der Waals surface area contributed by atoms with Gasteiger partial charge in [0.05, 0.1) is 4.75 Å². The molecular formula is C14H25N3O8S. The van der Waals surface area contributed by atoms with Crippen LogP contribution in [0.2, 0.25) is 0 Å². The van der Waals surface area contributed by atoms with Gasteiger partial charge in [0.2, 0.25) is 11.8 Å². The van der Waals surface area contributed by atoms with Gasteiger partial charge in [-0.2, -0.15) is 0 Å². The molecular weight excluding hydrogens is 370 g/mol. The van der Waals surface area contributed by atoms with Crippen LogP contribution in [0, 0.1) is 4.91 Å². The SMILES string of the molecule is CO[C@H]1O[C@H](CNC(=O)[C@H](NC(C)=O)C(C)(C)SN=O)[C@@H](O)[C@H](O)[C@H]1O. The number of carbonyl (C=O) groups is 2. The molecule has 0 bridgehead atoms. The van der Waals surface area contributed by atoms with Crippen LogP contribution < -0.4 is 10.6 Å². The lowest BCUT2D eigenvalue weighted by atomic mass is 9.98. The Morgan fingerprint density at radius 1 is 1.27 bits per heavy atom. The highest BCUT2D eigenvalue weighted by molar-refractivity contribution is 7.99. The second-order valence-electron chi connectivity index (χ2n) is 6.40. The summed E-state index contributed by atoms with van der Waals surface area (Å²) in [5.74, 6) is -1.11. The number of ether oxygens (including phenoxy) is 2. The zero-order valence-corrected chi connectivity index (χ0v) is 15.7. The fourth-order valence-corrected chi connectivity index (χ4v) is 2.95. The summed E-state index contributed by atoms with van der Waals surface area (Å²) in [6.07, 6.45) is -6.65. The van der Waals surface area contributed by atoms with Crippen molar-refractivity contribution >= 4 is 23.8 Å². The molecule has 11 nitrogen and oxygen atoms in total. The van der Waals surface area contributed by atoms with Gasteiger partial charge in [0.15, 0.2) is 6.29 Å². The van der Waals surface area contributed by atoms with E-state index in [9.17, 15) is 29.8 Å². The third kappa shape index (κ3) is 5.59. The lowest BCUT2D eigenvalue weighted by Crippen LogP contribution is -2.62. The van der Waals surface area contributed by atoms with Crippen LogP contribution in [0.4, 0.5) is 0 Å². The van der Waals surface area contributed by atoms with Gasteiger partial charge < -0.3 is 35.4 Å². The molecule has 0 spiro atoms. The van der Waals surface area contributed by atoms with Gasteiger partial charge in [-0.15, -0.1) is 4.91 Å². The lowest BCUT2D eigenvalue weighted by Gasteiger charge is -2.40. The van der Waals surface area contributed by atoms with Crippen molar-refractivity contribution in [1.82, 2.24) is 10.6 Å². The summed E-state index contributed by atoms with van der Waals surface area (Å²) in [6, 6.07) is -1.09. The van der Waals surface area contributed by atoms with Crippen LogP contribution in [0.15, 0.2) is 4.58 Å². The van der Waals surface area contributed by atoms with Gasteiger partial charge in [-0.3, -0.25) is 9.59 Å². The maximum atomic E-state index is 12.5. The van der Waals surface area contributed by atoms with Crippen molar-refractivity contribution in [2.45, 2.75) is 62.3 Å². The maximum absolute atomic E-state index is 12.5. The van der Waals surface area contributed by atoms with Gasteiger partial charge in [-0.1, -0.05) is 0 Å². The van der Waals surface area contributed by atoms with Crippen molar-refractivity contribution in [2.24, 2.45) is 4.58 Å². The van der Waals surface area contributed by atoms with Crippen molar-refractivity contribution in [2.75, 3.05) is 13.7 Å². The molecule has 5 N–H and O–H groups in total. The van der Waals surface area contributed by atoms with E-state index in [0.717, 1.165) is 0 Å². The number of hydrogen-bond acceptors (Lipinski definition) is 10. The molecule has 1 aliphatic heterocycles. The number of nitroso groups, excluding NO2 is 1. The van der Waals surface area contributed by atoms with Crippen molar-refractivity contribution in [3.63, 3.8) is 0 Å². The van der Waals surface area contributed by atoms with Gasteiger partial charge in [0, 0.05) is 37.1 Å². The number of aliphatic hydroxyl groups excluding tert-OH is 3. The summed E-state index contributed by atoms with van der Waals surface area (Å²) in [5, 5.41) is 34.5. The molecule has 0 unspecified atom stereocenters. The van der Waals surface area contributed by atoms with E-state index in [4.69, 9.17) is 9.47 Å². The third-order valence-electron chi connectivity index (χ3n) is 3.96. The molecule has 0 aromatic carbocycles. The normalized spacial score (nSPS) is 30.3. The van der Waals surface area contributed by atoms with E-state index in [0.29, 0.717) is 11.9 Å². The molecule has 2 amide bonds. The number of aliphatic hydroxyl groups is 3. The summed E-state index contributed by atoms with van der Waals surface area (Å²) in [7, 11) is 1.26. The molecule has 12 heteroatoms. The Morgan fingerprint density at radius 2 is 1.88 bits per heavy atom. The van der Waals surface area contributed by atoms with E-state index in [2.05, 4.69) is 15.2 Å². The van der Waals surface area contributed by atoms with E-state index in [1.165, 1.54) is 14.0 Å². The Balaban J connectivity index is 2.80. The van der Waals surface area contributed by atoms with Crippen molar-refractivity contribution in [3.05, 3.63) is 4.91 Å². The molecule has 6 atom stereocenters. The first kappa shape index (κ1) is 22.7. The number of methoxy groups -OCH3 is 1. The van der Waals surface area contributed by atoms with Gasteiger partial charge in [-0.05, 0) is 13.8 Å². The van der Waals surface area contributed by atoms with Gasteiger partial charge >= 0.3 is 0 Å². The first-order valence-electron chi connectivity index (χ1n) is 7.83. The van der Waals surface area contributed by atoms with Crippen LogP contribution in [0.1, 0.15) is 20.8 Å². The van der Waals surface area contributed by atoms with E-state index in [1.54, 1.807) is 13.8 Å². The Kier molecular flexibility index (Phi) is 8.37. The van der Waals surface area contributed by atoms with Gasteiger partial charge in [-0.25, -0.2) is 0 Å². The van der Waals surface area contributed by atoms with Crippen LogP contribution in [0.5, 0.6) is 0 Å². The highest BCUT2D eigenvalue weighted by Gasteiger charge is 2.44. The number of nitrogens with one attached hydrogen (secondary N) is 2. The van der Waals surface area contributed by atoms with Crippen LogP contribution in [0.3, 0.4) is 0 Å². The first-order valence-corrected chi connectivity index (χ1v) is 8.60. The number of rotatable bonds is 8. The average Bonchev–Trinajstić information content (AvgIpc) is 2.56. The minimum atomic E-state index is -1.52. The third-order valence-corrected chi connectivity index (χ3v) is 4.74. The predicted molar refractivity (Wildman–Crippen MR) is 91.8 cm³/mol. The topological polar surface area (TPSA) is 167 Å². The van der Waals surface area contributed by atoms with Crippen molar-refractivity contribution < 1.29 is 34.4 Å². The summed E-state index contributed by atoms with van der Waals surface area (Å²) in [6.45, 7) is 4.12. The molecule has 26 heavy (non-hydrogen) atoms. The van der Waals surface area contributed by atoms with Crippen LogP contribution in [-0.2, 0) is 19.1 Å². The molecule has 1 rings (SSSR count).